The van der Waals surface area contributed by atoms with Crippen LogP contribution in [0.25, 0.3) is 17.2 Å². The van der Waals surface area contributed by atoms with Crippen molar-refractivity contribution in [3.05, 3.63) is 60.2 Å². The fraction of sp³-hybridized carbons (Fsp3) is 0.0625. The molecule has 0 N–H and O–H groups in total. The van der Waals surface area contributed by atoms with Crippen LogP contribution in [0.3, 0.4) is 0 Å². The standard InChI is InChI=1S/C16H12F2O2/c1-3-11-8-12(4-7-16(11)20-10(2)19)14-6-5-13(17)9-15(14)18/h3-9H,1H2,2H3. The minimum atomic E-state index is -0.653. The van der Waals surface area contributed by atoms with Crippen LogP contribution in [0, 0.1) is 11.6 Å². The Morgan fingerprint density at radius 2 is 1.95 bits per heavy atom. The molecule has 2 nitrogen and oxygen atoms in total. The lowest BCUT2D eigenvalue weighted by molar-refractivity contribution is -0.131. The highest BCUT2D eigenvalue weighted by Gasteiger charge is 2.10. The lowest BCUT2D eigenvalue weighted by Gasteiger charge is -2.09. The number of rotatable bonds is 3. The fourth-order valence-corrected chi connectivity index (χ4v) is 1.85. The van der Waals surface area contributed by atoms with E-state index in [1.54, 1.807) is 18.2 Å². The summed E-state index contributed by atoms with van der Waals surface area (Å²) < 4.78 is 31.6. The maximum Gasteiger partial charge on any atom is 0.308 e. The van der Waals surface area contributed by atoms with E-state index in [9.17, 15) is 13.6 Å². The third-order valence-corrected chi connectivity index (χ3v) is 2.73. The van der Waals surface area contributed by atoms with Gasteiger partial charge in [-0.2, -0.15) is 0 Å². The highest BCUT2D eigenvalue weighted by Crippen LogP contribution is 2.29. The molecule has 0 spiro atoms. The normalized spacial score (nSPS) is 10.2. The number of hydrogen-bond donors (Lipinski definition) is 0. The van der Waals surface area contributed by atoms with Crippen LogP contribution < -0.4 is 4.74 Å². The SMILES string of the molecule is C=Cc1cc(-c2ccc(F)cc2F)ccc1OC(C)=O. The zero-order valence-electron chi connectivity index (χ0n) is 10.8. The van der Waals surface area contributed by atoms with Gasteiger partial charge in [0, 0.05) is 24.1 Å². The van der Waals surface area contributed by atoms with E-state index in [1.807, 2.05) is 0 Å². The van der Waals surface area contributed by atoms with Crippen molar-refractivity contribution in [2.75, 3.05) is 0 Å². The lowest BCUT2D eigenvalue weighted by Crippen LogP contribution is -2.02. The van der Waals surface area contributed by atoms with Crippen LogP contribution in [0.5, 0.6) is 5.75 Å². The summed E-state index contributed by atoms with van der Waals surface area (Å²) in [7, 11) is 0. The summed E-state index contributed by atoms with van der Waals surface area (Å²) in [5.74, 6) is -1.39. The van der Waals surface area contributed by atoms with E-state index in [0.29, 0.717) is 16.9 Å². The summed E-state index contributed by atoms with van der Waals surface area (Å²) in [5, 5.41) is 0. The number of benzene rings is 2. The van der Waals surface area contributed by atoms with Crippen LogP contribution in [0.2, 0.25) is 0 Å². The predicted octanol–water partition coefficient (Wildman–Crippen LogP) is 4.20. The molecule has 0 unspecified atom stereocenters. The third-order valence-electron chi connectivity index (χ3n) is 2.73. The Morgan fingerprint density at radius 3 is 2.55 bits per heavy atom. The van der Waals surface area contributed by atoms with Gasteiger partial charge in [0.25, 0.3) is 0 Å². The van der Waals surface area contributed by atoms with Crippen molar-refractivity contribution in [3.8, 4) is 16.9 Å². The average molecular weight is 274 g/mol. The van der Waals surface area contributed by atoms with Gasteiger partial charge in [-0.1, -0.05) is 18.7 Å². The molecule has 2 aromatic rings. The maximum absolute atomic E-state index is 13.7. The van der Waals surface area contributed by atoms with Gasteiger partial charge in [0.15, 0.2) is 0 Å². The Morgan fingerprint density at radius 1 is 1.20 bits per heavy atom. The van der Waals surface area contributed by atoms with Gasteiger partial charge in [0.2, 0.25) is 0 Å². The molecule has 0 aliphatic heterocycles. The number of carbonyl (C=O) groups excluding carboxylic acids is 1. The second kappa shape index (κ2) is 5.65. The molecule has 20 heavy (non-hydrogen) atoms. The number of hydrogen-bond acceptors (Lipinski definition) is 2. The number of halogens is 2. The van der Waals surface area contributed by atoms with Gasteiger partial charge in [-0.15, -0.1) is 0 Å². The smallest absolute Gasteiger partial charge is 0.308 e. The molecule has 0 atom stereocenters. The molecular weight excluding hydrogens is 262 g/mol. The van der Waals surface area contributed by atoms with Crippen molar-refractivity contribution in [2.45, 2.75) is 6.92 Å². The molecule has 102 valence electrons. The van der Waals surface area contributed by atoms with Crippen LogP contribution in [0.1, 0.15) is 12.5 Å². The van der Waals surface area contributed by atoms with E-state index in [2.05, 4.69) is 6.58 Å². The van der Waals surface area contributed by atoms with Crippen molar-refractivity contribution in [1.29, 1.82) is 0 Å². The van der Waals surface area contributed by atoms with Crippen molar-refractivity contribution < 1.29 is 18.3 Å². The minimum Gasteiger partial charge on any atom is -0.426 e. The van der Waals surface area contributed by atoms with Crippen molar-refractivity contribution in [2.24, 2.45) is 0 Å². The first-order chi connectivity index (χ1) is 9.51. The van der Waals surface area contributed by atoms with Gasteiger partial charge < -0.3 is 4.74 Å². The predicted molar refractivity (Wildman–Crippen MR) is 73.2 cm³/mol. The van der Waals surface area contributed by atoms with Gasteiger partial charge in [-0.05, 0) is 29.8 Å². The summed E-state index contributed by atoms with van der Waals surface area (Å²) in [6.45, 7) is 4.92. The van der Waals surface area contributed by atoms with Gasteiger partial charge >= 0.3 is 5.97 Å². The van der Waals surface area contributed by atoms with Crippen molar-refractivity contribution >= 4 is 12.0 Å². The molecule has 0 saturated heterocycles. The number of carbonyl (C=O) groups is 1. The first kappa shape index (κ1) is 13.9. The molecule has 0 heterocycles. The zero-order chi connectivity index (χ0) is 14.7. The molecule has 0 fully saturated rings. The average Bonchev–Trinajstić information content (AvgIpc) is 2.39. The summed E-state index contributed by atoms with van der Waals surface area (Å²) >= 11 is 0. The first-order valence-corrected chi connectivity index (χ1v) is 5.91. The molecule has 0 aliphatic carbocycles. The van der Waals surface area contributed by atoms with E-state index >= 15 is 0 Å². The van der Waals surface area contributed by atoms with E-state index < -0.39 is 17.6 Å². The van der Waals surface area contributed by atoms with Crippen LogP contribution in [0.4, 0.5) is 8.78 Å². The topological polar surface area (TPSA) is 26.3 Å². The van der Waals surface area contributed by atoms with Crippen LogP contribution >= 0.6 is 0 Å². The molecule has 4 heteroatoms. The number of ether oxygens (including phenoxy) is 1. The molecule has 2 rings (SSSR count). The molecule has 0 aromatic heterocycles. The van der Waals surface area contributed by atoms with Gasteiger partial charge in [-0.3, -0.25) is 4.79 Å². The van der Waals surface area contributed by atoms with Crippen molar-refractivity contribution in [1.82, 2.24) is 0 Å². The largest absolute Gasteiger partial charge is 0.426 e. The molecule has 2 aromatic carbocycles. The van der Waals surface area contributed by atoms with Crippen LogP contribution in [-0.4, -0.2) is 5.97 Å². The Labute approximate surface area is 115 Å². The molecule has 0 aliphatic rings. The Bertz CT molecular complexity index is 678. The summed E-state index contributed by atoms with van der Waals surface area (Å²) in [5.41, 5.74) is 1.37. The van der Waals surface area contributed by atoms with E-state index in [1.165, 1.54) is 25.1 Å². The van der Waals surface area contributed by atoms with E-state index in [4.69, 9.17) is 4.74 Å². The lowest BCUT2D eigenvalue weighted by atomic mass is 10.0. The van der Waals surface area contributed by atoms with E-state index in [-0.39, 0.29) is 5.56 Å². The van der Waals surface area contributed by atoms with E-state index in [0.717, 1.165) is 6.07 Å². The quantitative estimate of drug-likeness (QED) is 0.619. The molecular formula is C16H12F2O2. The monoisotopic (exact) mass is 274 g/mol. The Kier molecular flexibility index (Phi) is 3.94. The highest BCUT2D eigenvalue weighted by atomic mass is 19.1. The molecule has 0 bridgehead atoms. The maximum atomic E-state index is 13.7. The van der Waals surface area contributed by atoms with Gasteiger partial charge in [0.1, 0.15) is 17.4 Å². The van der Waals surface area contributed by atoms with Gasteiger partial charge in [0.05, 0.1) is 0 Å². The van der Waals surface area contributed by atoms with Crippen LogP contribution in [-0.2, 0) is 4.79 Å². The third kappa shape index (κ3) is 2.91. The first-order valence-electron chi connectivity index (χ1n) is 5.91. The zero-order valence-corrected chi connectivity index (χ0v) is 10.8. The second-order valence-electron chi connectivity index (χ2n) is 4.17. The Balaban J connectivity index is 2.48. The fourth-order valence-electron chi connectivity index (χ4n) is 1.85. The second-order valence-corrected chi connectivity index (χ2v) is 4.17. The van der Waals surface area contributed by atoms with Crippen LogP contribution in [0.15, 0.2) is 43.0 Å². The molecule has 0 radical (unpaired) electrons. The Hall–Kier alpha value is -2.49. The van der Waals surface area contributed by atoms with Crippen molar-refractivity contribution in [3.63, 3.8) is 0 Å². The number of esters is 1. The van der Waals surface area contributed by atoms with Gasteiger partial charge in [-0.25, -0.2) is 8.78 Å². The molecule has 0 amide bonds. The highest BCUT2D eigenvalue weighted by molar-refractivity contribution is 5.75. The minimum absolute atomic E-state index is 0.267. The summed E-state index contributed by atoms with van der Waals surface area (Å²) in [4.78, 5) is 11.0. The molecule has 0 saturated carbocycles. The summed E-state index contributed by atoms with van der Waals surface area (Å²) in [6, 6.07) is 8.15. The summed E-state index contributed by atoms with van der Waals surface area (Å²) in [6.07, 6.45) is 1.50.